The monoisotopic (exact) mass is 685 g/mol. The van der Waals surface area contributed by atoms with Crippen molar-refractivity contribution in [3.05, 3.63) is 74.5 Å². The molecule has 2 aromatic carbocycles. The summed E-state index contributed by atoms with van der Waals surface area (Å²) in [5.74, 6) is 0.357. The summed E-state index contributed by atoms with van der Waals surface area (Å²) in [6.45, 7) is 0. The quantitative estimate of drug-likeness (QED) is 0.137. The van der Waals surface area contributed by atoms with E-state index in [0.29, 0.717) is 16.6 Å². The van der Waals surface area contributed by atoms with Crippen LogP contribution in [0.25, 0.3) is 31.3 Å². The van der Waals surface area contributed by atoms with Crippen LogP contribution in [-0.2, 0) is 37.5 Å². The Hall–Kier alpha value is -3.45. The number of carbonyl (C=O) groups is 2. The van der Waals surface area contributed by atoms with Crippen molar-refractivity contribution >= 4 is 95.0 Å². The minimum Gasteiger partial charge on any atom is -0.325 e. The van der Waals surface area contributed by atoms with Crippen molar-refractivity contribution in [2.45, 2.75) is 60.9 Å². The highest BCUT2D eigenvalue weighted by molar-refractivity contribution is 8.01. The summed E-state index contributed by atoms with van der Waals surface area (Å²) >= 11 is 5.88. The second kappa shape index (κ2) is 12.3. The van der Waals surface area contributed by atoms with Crippen molar-refractivity contribution < 1.29 is 9.59 Å². The molecule has 0 spiro atoms. The number of hydrogen-bond donors (Lipinski definition) is 1. The third-order valence-electron chi connectivity index (χ3n) is 8.89. The number of aryl methyl sites for hydroxylation is 3. The Bertz CT molecular complexity index is 2240. The van der Waals surface area contributed by atoms with Gasteiger partial charge in [0.25, 0.3) is 5.56 Å². The molecule has 0 atom stereocenters. The molecule has 0 radical (unpaired) electrons. The van der Waals surface area contributed by atoms with E-state index in [1.807, 2.05) is 41.0 Å². The molecule has 1 N–H and O–H groups in total. The number of para-hydroxylation sites is 1. The van der Waals surface area contributed by atoms with Crippen LogP contribution < -0.4 is 10.9 Å². The zero-order valence-electron chi connectivity index (χ0n) is 25.3. The number of thioether (sulfide) groups is 2. The molecule has 4 heterocycles. The predicted molar refractivity (Wildman–Crippen MR) is 190 cm³/mol. The number of amides is 1. The highest BCUT2D eigenvalue weighted by Gasteiger charge is 2.24. The number of rotatable bonds is 7. The molecule has 1 amide bonds. The van der Waals surface area contributed by atoms with Crippen LogP contribution in [0.3, 0.4) is 0 Å². The molecule has 8 rings (SSSR count). The van der Waals surface area contributed by atoms with Crippen LogP contribution in [0.1, 0.15) is 52.2 Å². The summed E-state index contributed by atoms with van der Waals surface area (Å²) in [6.07, 6.45) is 8.47. The average molecular weight is 686 g/mol. The van der Waals surface area contributed by atoms with Gasteiger partial charge in [-0.2, -0.15) is 0 Å². The van der Waals surface area contributed by atoms with Crippen LogP contribution in [0.15, 0.2) is 56.8 Å². The number of nitrogens with zero attached hydrogens (tertiary/aromatic N) is 4. The lowest BCUT2D eigenvalue weighted by atomic mass is 9.96. The fourth-order valence-corrected chi connectivity index (χ4v) is 10.8. The van der Waals surface area contributed by atoms with E-state index in [2.05, 4.69) is 11.4 Å². The number of thiophene rings is 1. The topological polar surface area (TPSA) is 98.9 Å². The molecule has 2 aliphatic carbocycles. The fraction of sp³-hybridized carbons (Fsp3) is 0.324. The van der Waals surface area contributed by atoms with Gasteiger partial charge in [0.05, 0.1) is 32.6 Å². The van der Waals surface area contributed by atoms with E-state index >= 15 is 0 Å². The Balaban J connectivity index is 0.931. The van der Waals surface area contributed by atoms with Crippen molar-refractivity contribution in [3.8, 4) is 0 Å². The van der Waals surface area contributed by atoms with Crippen molar-refractivity contribution in [3.63, 3.8) is 0 Å². The summed E-state index contributed by atoms with van der Waals surface area (Å²) in [7, 11) is 1.73. The highest BCUT2D eigenvalue weighted by Crippen LogP contribution is 2.36. The summed E-state index contributed by atoms with van der Waals surface area (Å²) in [5, 5.41) is 5.49. The van der Waals surface area contributed by atoms with E-state index in [1.165, 1.54) is 68.4 Å². The molecule has 0 fully saturated rings. The second-order valence-corrected chi connectivity index (χ2v) is 16.1. The van der Waals surface area contributed by atoms with E-state index in [-0.39, 0.29) is 23.1 Å². The van der Waals surface area contributed by atoms with E-state index in [1.54, 1.807) is 23.0 Å². The Morgan fingerprint density at radius 1 is 0.913 bits per heavy atom. The largest absolute Gasteiger partial charge is 0.325 e. The number of carbonyl (C=O) groups excluding carboxylic acids is 2. The van der Waals surface area contributed by atoms with Crippen LogP contribution in [0.2, 0.25) is 0 Å². The van der Waals surface area contributed by atoms with Gasteiger partial charge in [-0.25, -0.2) is 9.97 Å². The van der Waals surface area contributed by atoms with E-state index in [9.17, 15) is 14.4 Å². The Morgan fingerprint density at radius 3 is 2.61 bits per heavy atom. The second-order valence-electron chi connectivity index (χ2n) is 11.8. The SMILES string of the molecule is Cn1c(SCC(=O)Nc2ccc3nc(SCC(=O)n4c5c(c6ccccc64)CCCC5)sc3c2)nc2sc3c(c2c1=O)CCCC3. The minimum absolute atomic E-state index is 0.0283. The summed E-state index contributed by atoms with van der Waals surface area (Å²) < 4.78 is 5.28. The zero-order valence-corrected chi connectivity index (χ0v) is 28.5. The molecule has 0 saturated heterocycles. The third kappa shape index (κ3) is 5.38. The molecule has 234 valence electrons. The van der Waals surface area contributed by atoms with Crippen molar-refractivity contribution in [1.29, 1.82) is 0 Å². The van der Waals surface area contributed by atoms with E-state index < -0.39 is 0 Å². The van der Waals surface area contributed by atoms with Gasteiger partial charge in [-0.15, -0.1) is 22.7 Å². The number of fused-ring (bicyclic) bond motifs is 7. The van der Waals surface area contributed by atoms with Crippen LogP contribution in [0.5, 0.6) is 0 Å². The fourth-order valence-electron chi connectivity index (χ4n) is 6.73. The Labute approximate surface area is 281 Å². The molecule has 0 saturated carbocycles. The van der Waals surface area contributed by atoms with E-state index in [4.69, 9.17) is 9.97 Å². The first-order valence-corrected chi connectivity index (χ1v) is 19.2. The van der Waals surface area contributed by atoms with Crippen LogP contribution in [0, 0.1) is 0 Å². The molecule has 12 heteroatoms. The number of hydrogen-bond acceptors (Lipinski definition) is 9. The zero-order chi connectivity index (χ0) is 31.4. The molecule has 6 aromatic rings. The first kappa shape index (κ1) is 29.9. The van der Waals surface area contributed by atoms with Crippen molar-refractivity contribution in [2.24, 2.45) is 7.05 Å². The number of thiazole rings is 1. The van der Waals surface area contributed by atoms with Gasteiger partial charge in [0.2, 0.25) is 11.8 Å². The van der Waals surface area contributed by atoms with Gasteiger partial charge in [-0.1, -0.05) is 41.7 Å². The van der Waals surface area contributed by atoms with Gasteiger partial charge in [-0.05, 0) is 86.8 Å². The highest BCUT2D eigenvalue weighted by atomic mass is 32.2. The summed E-state index contributed by atoms with van der Waals surface area (Å²) in [4.78, 5) is 51.2. The van der Waals surface area contributed by atoms with Crippen LogP contribution in [-0.4, -0.2) is 42.4 Å². The third-order valence-corrected chi connectivity index (χ3v) is 13.2. The Kier molecular flexibility index (Phi) is 8.00. The maximum Gasteiger partial charge on any atom is 0.262 e. The number of anilines is 1. The maximum absolute atomic E-state index is 13.5. The minimum atomic E-state index is -0.170. The Morgan fingerprint density at radius 2 is 1.72 bits per heavy atom. The van der Waals surface area contributed by atoms with Crippen LogP contribution >= 0.6 is 46.2 Å². The molecule has 0 bridgehead atoms. The molecule has 0 aliphatic heterocycles. The molecular formula is C34H31N5O3S4. The maximum atomic E-state index is 13.5. The lowest BCUT2D eigenvalue weighted by molar-refractivity contribution is -0.113. The van der Waals surface area contributed by atoms with Gasteiger partial charge >= 0.3 is 0 Å². The van der Waals surface area contributed by atoms with Crippen molar-refractivity contribution in [1.82, 2.24) is 19.1 Å². The van der Waals surface area contributed by atoms with Crippen molar-refractivity contribution in [2.75, 3.05) is 16.8 Å². The number of aromatic nitrogens is 4. The average Bonchev–Trinajstić information content (AvgIpc) is 3.75. The molecular weight excluding hydrogens is 655 g/mol. The van der Waals surface area contributed by atoms with Gasteiger partial charge < -0.3 is 5.32 Å². The van der Waals surface area contributed by atoms with Gasteiger partial charge in [0.15, 0.2) is 9.50 Å². The first-order chi connectivity index (χ1) is 22.4. The smallest absolute Gasteiger partial charge is 0.262 e. The molecule has 8 nitrogen and oxygen atoms in total. The molecule has 2 aliphatic rings. The molecule has 0 unspecified atom stereocenters. The predicted octanol–water partition coefficient (Wildman–Crippen LogP) is 7.48. The number of nitrogens with one attached hydrogen (secondary N) is 1. The normalized spacial score (nSPS) is 14.5. The van der Waals surface area contributed by atoms with Gasteiger partial charge in [0.1, 0.15) is 4.83 Å². The summed E-state index contributed by atoms with van der Waals surface area (Å²) in [5.41, 5.74) is 6.17. The molecule has 46 heavy (non-hydrogen) atoms. The standard InChI is InChI=1S/C34H31N5O3S4/c1-38-32(42)30-22-10-4-7-13-26(22)45-31(30)37-33(38)43-17-28(40)35-19-14-15-23-27(16-19)46-34(36-23)44-18-29(41)39-24-11-5-2-8-20(24)21-9-3-6-12-25(21)39/h2,5,8,11,14-16H,3-4,6-7,9-10,12-13,17-18H2,1H3,(H,35,40). The van der Waals surface area contributed by atoms with Gasteiger partial charge in [-0.3, -0.25) is 23.5 Å². The molecule has 4 aromatic heterocycles. The first-order valence-electron chi connectivity index (χ1n) is 15.6. The van der Waals surface area contributed by atoms with Crippen LogP contribution in [0.4, 0.5) is 5.69 Å². The lowest BCUT2D eigenvalue weighted by Crippen LogP contribution is -2.21. The van der Waals surface area contributed by atoms with Gasteiger partial charge in [0, 0.05) is 28.7 Å². The summed E-state index contributed by atoms with van der Waals surface area (Å²) in [6, 6.07) is 13.9. The number of benzene rings is 2. The van der Waals surface area contributed by atoms with E-state index in [0.717, 1.165) is 75.2 Å². The lowest BCUT2D eigenvalue weighted by Gasteiger charge is -2.14.